The molecule has 5 rings (SSSR count). The Morgan fingerprint density at radius 1 is 0.694 bits per heavy atom. The van der Waals surface area contributed by atoms with E-state index in [1.165, 1.54) is 5.56 Å². The molecule has 0 fully saturated rings. The van der Waals surface area contributed by atoms with Crippen molar-refractivity contribution in [2.24, 2.45) is 0 Å². The van der Waals surface area contributed by atoms with Crippen LogP contribution >= 0.6 is 0 Å². The number of benzene rings is 4. The summed E-state index contributed by atoms with van der Waals surface area (Å²) in [6.45, 7) is 1.55. The minimum Gasteiger partial charge on any atom is -0.493 e. The van der Waals surface area contributed by atoms with Crippen LogP contribution in [0.3, 0.4) is 0 Å². The molecule has 1 aromatic heterocycles. The molecule has 4 aromatic carbocycles. The van der Waals surface area contributed by atoms with Gasteiger partial charge in [0.15, 0.2) is 0 Å². The van der Waals surface area contributed by atoms with E-state index in [2.05, 4.69) is 24.3 Å². The van der Waals surface area contributed by atoms with E-state index in [1.807, 2.05) is 83.4 Å². The maximum Gasteiger partial charge on any atom is 0.352 e. The monoisotopic (exact) mass is 477 g/mol. The van der Waals surface area contributed by atoms with Gasteiger partial charge in [-0.2, -0.15) is 0 Å². The van der Waals surface area contributed by atoms with Gasteiger partial charge in [-0.15, -0.1) is 0 Å². The summed E-state index contributed by atoms with van der Waals surface area (Å²) in [5.74, 6) is 0.596. The number of nitrogens with zero attached hydrogens (tertiary/aromatic N) is 1. The van der Waals surface area contributed by atoms with Gasteiger partial charge in [0.05, 0.1) is 13.2 Å². The molecule has 0 spiro atoms. The summed E-state index contributed by atoms with van der Waals surface area (Å²) in [5.41, 5.74) is 4.52. The van der Waals surface area contributed by atoms with Crippen LogP contribution in [0.1, 0.15) is 22.5 Å². The van der Waals surface area contributed by atoms with E-state index in [0.717, 1.165) is 34.2 Å². The Bertz CT molecular complexity index is 1440. The third-order valence-electron chi connectivity index (χ3n) is 6.06. The minimum atomic E-state index is -0.946. The molecular weight excluding hydrogens is 450 g/mol. The van der Waals surface area contributed by atoms with Crippen molar-refractivity contribution in [2.45, 2.75) is 13.0 Å². The van der Waals surface area contributed by atoms with Crippen molar-refractivity contribution in [3.8, 4) is 22.6 Å². The predicted octanol–water partition coefficient (Wildman–Crippen LogP) is 6.90. The Balaban J connectivity index is 1.17. The molecule has 0 aliphatic carbocycles. The topological polar surface area (TPSA) is 60.7 Å². The van der Waals surface area contributed by atoms with Crippen LogP contribution in [0.15, 0.2) is 109 Å². The SMILES string of the molecule is O=C(O)c1cc2cc(OCCCOc3ccc(-c4ccccc4)cc3)ccc2n1Cc1ccccc1. The van der Waals surface area contributed by atoms with Gasteiger partial charge in [0.1, 0.15) is 17.2 Å². The molecule has 0 radical (unpaired) electrons. The zero-order valence-electron chi connectivity index (χ0n) is 19.8. The zero-order chi connectivity index (χ0) is 24.7. The molecule has 0 unspecified atom stereocenters. The van der Waals surface area contributed by atoms with Crippen molar-refractivity contribution in [1.29, 1.82) is 0 Å². The number of fused-ring (bicyclic) bond motifs is 1. The normalized spacial score (nSPS) is 10.9. The first kappa shape index (κ1) is 23.2. The maximum atomic E-state index is 11.9. The van der Waals surface area contributed by atoms with Gasteiger partial charge in [-0.1, -0.05) is 72.8 Å². The smallest absolute Gasteiger partial charge is 0.352 e. The largest absolute Gasteiger partial charge is 0.493 e. The summed E-state index contributed by atoms with van der Waals surface area (Å²) < 4.78 is 13.6. The first-order valence-corrected chi connectivity index (χ1v) is 12.0. The van der Waals surface area contributed by atoms with Gasteiger partial charge < -0.3 is 19.1 Å². The van der Waals surface area contributed by atoms with E-state index >= 15 is 0 Å². The number of aromatic nitrogens is 1. The predicted molar refractivity (Wildman–Crippen MR) is 142 cm³/mol. The lowest BCUT2D eigenvalue weighted by atomic mass is 10.1. The number of rotatable bonds is 10. The fourth-order valence-electron chi connectivity index (χ4n) is 4.27. The number of hydrogen-bond donors (Lipinski definition) is 1. The lowest BCUT2D eigenvalue weighted by molar-refractivity contribution is 0.0686. The lowest BCUT2D eigenvalue weighted by Crippen LogP contribution is -2.09. The van der Waals surface area contributed by atoms with Gasteiger partial charge in [-0.3, -0.25) is 0 Å². The molecule has 180 valence electrons. The van der Waals surface area contributed by atoms with Gasteiger partial charge in [0.2, 0.25) is 0 Å². The molecule has 36 heavy (non-hydrogen) atoms. The second-order valence-corrected chi connectivity index (χ2v) is 8.57. The number of carboxylic acid groups (broad SMARTS) is 1. The number of aromatic carboxylic acids is 1. The molecule has 5 nitrogen and oxygen atoms in total. The molecule has 1 heterocycles. The Hall–Kier alpha value is -4.51. The second-order valence-electron chi connectivity index (χ2n) is 8.57. The van der Waals surface area contributed by atoms with E-state index in [-0.39, 0.29) is 5.69 Å². The van der Waals surface area contributed by atoms with E-state index in [1.54, 1.807) is 6.07 Å². The number of hydrogen-bond acceptors (Lipinski definition) is 3. The number of carboxylic acids is 1. The van der Waals surface area contributed by atoms with Gasteiger partial charge in [-0.25, -0.2) is 4.79 Å². The highest BCUT2D eigenvalue weighted by atomic mass is 16.5. The van der Waals surface area contributed by atoms with E-state index in [9.17, 15) is 9.90 Å². The molecule has 5 aromatic rings. The molecule has 1 N–H and O–H groups in total. The molecule has 0 amide bonds. The molecular formula is C31H27NO4. The number of ether oxygens (including phenoxy) is 2. The second kappa shape index (κ2) is 10.8. The average molecular weight is 478 g/mol. The summed E-state index contributed by atoms with van der Waals surface area (Å²) in [6.07, 6.45) is 0.730. The average Bonchev–Trinajstić information content (AvgIpc) is 3.28. The van der Waals surface area contributed by atoms with Gasteiger partial charge >= 0.3 is 5.97 Å². The van der Waals surface area contributed by atoms with Crippen molar-refractivity contribution in [3.05, 3.63) is 120 Å². The highest BCUT2D eigenvalue weighted by Gasteiger charge is 2.15. The first-order chi connectivity index (χ1) is 17.7. The highest BCUT2D eigenvalue weighted by Crippen LogP contribution is 2.26. The van der Waals surface area contributed by atoms with E-state index in [4.69, 9.17) is 9.47 Å². The van der Waals surface area contributed by atoms with Gasteiger partial charge in [0.25, 0.3) is 0 Å². The van der Waals surface area contributed by atoms with Crippen LogP contribution in [-0.2, 0) is 6.54 Å². The van der Waals surface area contributed by atoms with Crippen LogP contribution in [0.25, 0.3) is 22.0 Å². The van der Waals surface area contributed by atoms with Gasteiger partial charge in [0, 0.05) is 23.9 Å². The molecule has 0 aliphatic rings. The lowest BCUT2D eigenvalue weighted by Gasteiger charge is -2.10. The molecule has 0 atom stereocenters. The van der Waals surface area contributed by atoms with Crippen molar-refractivity contribution in [3.63, 3.8) is 0 Å². The van der Waals surface area contributed by atoms with Crippen LogP contribution in [-0.4, -0.2) is 28.9 Å². The van der Waals surface area contributed by atoms with Crippen LogP contribution < -0.4 is 9.47 Å². The summed E-state index contributed by atoms with van der Waals surface area (Å²) in [4.78, 5) is 11.9. The standard InChI is InChI=1S/C31H27NO4/c33-31(34)30-21-26-20-28(16-17-29(26)32(30)22-23-8-3-1-4-9-23)36-19-7-18-35-27-14-12-25(13-15-27)24-10-5-2-6-11-24/h1-6,8-17,20-21H,7,18-19,22H2,(H,33,34). The Morgan fingerprint density at radius 2 is 1.31 bits per heavy atom. The number of carbonyl (C=O) groups is 1. The zero-order valence-corrected chi connectivity index (χ0v) is 19.8. The molecule has 0 saturated carbocycles. The summed E-state index contributed by atoms with van der Waals surface area (Å²) in [6, 6.07) is 35.6. The molecule has 0 bridgehead atoms. The fraction of sp³-hybridized carbons (Fsp3) is 0.129. The van der Waals surface area contributed by atoms with Crippen molar-refractivity contribution >= 4 is 16.9 Å². The molecule has 5 heteroatoms. The third kappa shape index (κ3) is 5.41. The summed E-state index contributed by atoms with van der Waals surface area (Å²) in [7, 11) is 0. The molecule has 0 aliphatic heterocycles. The van der Waals surface area contributed by atoms with Crippen LogP contribution in [0.4, 0.5) is 0 Å². The van der Waals surface area contributed by atoms with Crippen molar-refractivity contribution in [2.75, 3.05) is 13.2 Å². The minimum absolute atomic E-state index is 0.262. The van der Waals surface area contributed by atoms with Gasteiger partial charge in [-0.05, 0) is 53.1 Å². The Kier molecular flexibility index (Phi) is 6.99. The summed E-state index contributed by atoms with van der Waals surface area (Å²) in [5, 5.41) is 10.6. The Labute approximate surface area is 210 Å². The van der Waals surface area contributed by atoms with Crippen LogP contribution in [0.2, 0.25) is 0 Å². The quantitative estimate of drug-likeness (QED) is 0.222. The van der Waals surface area contributed by atoms with Crippen LogP contribution in [0.5, 0.6) is 11.5 Å². The highest BCUT2D eigenvalue weighted by molar-refractivity contribution is 5.95. The summed E-state index contributed by atoms with van der Waals surface area (Å²) >= 11 is 0. The maximum absolute atomic E-state index is 11.9. The first-order valence-electron chi connectivity index (χ1n) is 12.0. The van der Waals surface area contributed by atoms with Crippen molar-refractivity contribution < 1.29 is 19.4 Å². The molecule has 0 saturated heterocycles. The van der Waals surface area contributed by atoms with Crippen LogP contribution in [0, 0.1) is 0 Å². The van der Waals surface area contributed by atoms with E-state index < -0.39 is 5.97 Å². The van der Waals surface area contributed by atoms with E-state index in [0.29, 0.717) is 25.5 Å². The van der Waals surface area contributed by atoms with Crippen molar-refractivity contribution in [1.82, 2.24) is 4.57 Å². The third-order valence-corrected chi connectivity index (χ3v) is 6.06. The fourth-order valence-corrected chi connectivity index (χ4v) is 4.27. The Morgan fingerprint density at radius 3 is 2.00 bits per heavy atom.